The molecule has 0 fully saturated rings. The maximum atomic E-state index is 12.2. The lowest BCUT2D eigenvalue weighted by Crippen LogP contribution is -2.34. The molecule has 0 unspecified atom stereocenters. The highest BCUT2D eigenvalue weighted by Crippen LogP contribution is 2.31. The zero-order valence-corrected chi connectivity index (χ0v) is 8.35. The van der Waals surface area contributed by atoms with Gasteiger partial charge in [0, 0.05) is 11.5 Å². The molecular weight excluding hydrogens is 247 g/mol. The zero-order valence-electron chi connectivity index (χ0n) is 6.77. The standard InChI is InChI=1S/C8H7BrF3N/c1-13(8(10,11)12)7-5-3-2-4-6(7)9/h2-5H,1H3. The summed E-state index contributed by atoms with van der Waals surface area (Å²) in [6.45, 7) is 0. The molecule has 1 aromatic rings. The summed E-state index contributed by atoms with van der Waals surface area (Å²) in [5.41, 5.74) is 0.106. The molecule has 0 aliphatic rings. The van der Waals surface area contributed by atoms with Gasteiger partial charge in [-0.25, -0.2) is 0 Å². The van der Waals surface area contributed by atoms with E-state index in [1.807, 2.05) is 0 Å². The van der Waals surface area contributed by atoms with Crippen LogP contribution in [0.2, 0.25) is 0 Å². The molecule has 0 radical (unpaired) electrons. The van der Waals surface area contributed by atoms with Crippen molar-refractivity contribution in [3.8, 4) is 0 Å². The van der Waals surface area contributed by atoms with Crippen LogP contribution in [0.15, 0.2) is 28.7 Å². The summed E-state index contributed by atoms with van der Waals surface area (Å²) in [5.74, 6) is 0. The van der Waals surface area contributed by atoms with Crippen molar-refractivity contribution < 1.29 is 13.2 Å². The number of rotatable bonds is 1. The summed E-state index contributed by atoms with van der Waals surface area (Å²) in [7, 11) is 0.986. The van der Waals surface area contributed by atoms with Gasteiger partial charge in [-0.2, -0.15) is 13.2 Å². The molecule has 1 rings (SSSR count). The Morgan fingerprint density at radius 2 is 1.77 bits per heavy atom. The molecule has 0 spiro atoms. The molecule has 0 aliphatic carbocycles. The van der Waals surface area contributed by atoms with Crippen LogP contribution in [-0.2, 0) is 0 Å². The van der Waals surface area contributed by atoms with Crippen LogP contribution in [0.1, 0.15) is 0 Å². The number of hydrogen-bond acceptors (Lipinski definition) is 1. The minimum Gasteiger partial charge on any atom is -0.286 e. The maximum Gasteiger partial charge on any atom is 0.484 e. The Labute approximate surface area is 82.3 Å². The predicted octanol–water partition coefficient (Wildman–Crippen LogP) is 3.41. The quantitative estimate of drug-likeness (QED) is 0.694. The average molecular weight is 254 g/mol. The second-order valence-electron chi connectivity index (χ2n) is 2.48. The summed E-state index contributed by atoms with van der Waals surface area (Å²) in [5, 5.41) is 0. The van der Waals surface area contributed by atoms with Gasteiger partial charge in [0.15, 0.2) is 0 Å². The van der Waals surface area contributed by atoms with Crippen molar-refractivity contribution in [2.75, 3.05) is 11.9 Å². The molecule has 0 saturated carbocycles. The Bertz CT molecular complexity index is 298. The molecule has 0 amide bonds. The summed E-state index contributed by atoms with van der Waals surface area (Å²) in [6, 6.07) is 6.19. The topological polar surface area (TPSA) is 3.24 Å². The Morgan fingerprint density at radius 3 is 2.23 bits per heavy atom. The molecule has 0 N–H and O–H groups in total. The third-order valence-electron chi connectivity index (χ3n) is 1.59. The Kier molecular flexibility index (Phi) is 2.85. The van der Waals surface area contributed by atoms with Crippen LogP contribution in [0.5, 0.6) is 0 Å². The van der Waals surface area contributed by atoms with Gasteiger partial charge in [0.25, 0.3) is 0 Å². The van der Waals surface area contributed by atoms with Crippen LogP contribution in [0, 0.1) is 0 Å². The van der Waals surface area contributed by atoms with Gasteiger partial charge in [0.2, 0.25) is 0 Å². The fraction of sp³-hybridized carbons (Fsp3) is 0.250. The van der Waals surface area contributed by atoms with E-state index >= 15 is 0 Å². The molecule has 13 heavy (non-hydrogen) atoms. The summed E-state index contributed by atoms with van der Waals surface area (Å²) < 4.78 is 37.1. The van der Waals surface area contributed by atoms with Crippen LogP contribution >= 0.6 is 15.9 Å². The number of anilines is 1. The third kappa shape index (κ3) is 2.37. The SMILES string of the molecule is CN(c1ccccc1Br)C(F)(F)F. The molecule has 1 aromatic carbocycles. The number of nitrogens with zero attached hydrogens (tertiary/aromatic N) is 1. The van der Waals surface area contributed by atoms with Crippen molar-refractivity contribution in [3.63, 3.8) is 0 Å². The lowest BCUT2D eigenvalue weighted by Gasteiger charge is -2.22. The smallest absolute Gasteiger partial charge is 0.286 e. The van der Waals surface area contributed by atoms with Crippen LogP contribution in [-0.4, -0.2) is 13.3 Å². The molecule has 0 heterocycles. The van der Waals surface area contributed by atoms with Crippen LogP contribution in [0.4, 0.5) is 18.9 Å². The number of hydrogen-bond donors (Lipinski definition) is 0. The maximum absolute atomic E-state index is 12.2. The molecular formula is C8H7BrF3N. The summed E-state index contributed by atoms with van der Waals surface area (Å²) in [6.07, 6.45) is -4.34. The lowest BCUT2D eigenvalue weighted by atomic mass is 10.3. The van der Waals surface area contributed by atoms with Crippen molar-refractivity contribution in [1.82, 2.24) is 0 Å². The Morgan fingerprint density at radius 1 is 1.23 bits per heavy atom. The summed E-state index contributed by atoms with van der Waals surface area (Å²) >= 11 is 3.05. The van der Waals surface area contributed by atoms with E-state index in [2.05, 4.69) is 15.9 Å². The van der Waals surface area contributed by atoms with Gasteiger partial charge in [0.1, 0.15) is 0 Å². The highest BCUT2D eigenvalue weighted by atomic mass is 79.9. The monoisotopic (exact) mass is 253 g/mol. The minimum absolute atomic E-state index is 0.106. The van der Waals surface area contributed by atoms with Crippen LogP contribution in [0.25, 0.3) is 0 Å². The molecule has 0 saturated heterocycles. The normalized spacial score (nSPS) is 11.5. The highest BCUT2D eigenvalue weighted by Gasteiger charge is 2.35. The lowest BCUT2D eigenvalue weighted by molar-refractivity contribution is -0.125. The van der Waals surface area contributed by atoms with Gasteiger partial charge in [-0.1, -0.05) is 12.1 Å². The molecule has 72 valence electrons. The van der Waals surface area contributed by atoms with Gasteiger partial charge in [-0.05, 0) is 28.1 Å². The van der Waals surface area contributed by atoms with Gasteiger partial charge >= 0.3 is 6.30 Å². The van der Waals surface area contributed by atoms with Crippen LogP contribution < -0.4 is 4.90 Å². The Hall–Kier alpha value is -0.710. The first-order chi connectivity index (χ1) is 5.93. The first kappa shape index (κ1) is 10.4. The first-order valence-electron chi connectivity index (χ1n) is 3.48. The molecule has 0 aliphatic heterocycles. The van der Waals surface area contributed by atoms with E-state index in [4.69, 9.17) is 0 Å². The van der Waals surface area contributed by atoms with Gasteiger partial charge < -0.3 is 0 Å². The zero-order chi connectivity index (χ0) is 10.1. The predicted molar refractivity (Wildman–Crippen MR) is 48.6 cm³/mol. The van der Waals surface area contributed by atoms with Gasteiger partial charge in [-0.3, -0.25) is 4.90 Å². The number of para-hydroxylation sites is 1. The van der Waals surface area contributed by atoms with E-state index in [1.54, 1.807) is 18.2 Å². The molecule has 0 aromatic heterocycles. The van der Waals surface area contributed by atoms with E-state index in [0.29, 0.717) is 4.47 Å². The second-order valence-corrected chi connectivity index (χ2v) is 3.33. The largest absolute Gasteiger partial charge is 0.484 e. The fourth-order valence-corrected chi connectivity index (χ4v) is 1.41. The molecule has 0 bridgehead atoms. The minimum atomic E-state index is -4.34. The van der Waals surface area contributed by atoms with E-state index in [-0.39, 0.29) is 10.6 Å². The summed E-state index contributed by atoms with van der Waals surface area (Å²) in [4.78, 5) is 0.261. The number of halogens is 4. The van der Waals surface area contributed by atoms with Gasteiger partial charge in [0.05, 0.1) is 5.69 Å². The van der Waals surface area contributed by atoms with E-state index in [9.17, 15) is 13.2 Å². The fourth-order valence-electron chi connectivity index (χ4n) is 0.860. The van der Waals surface area contributed by atoms with Crippen LogP contribution in [0.3, 0.4) is 0 Å². The molecule has 1 nitrogen and oxygen atoms in total. The first-order valence-corrected chi connectivity index (χ1v) is 4.27. The van der Waals surface area contributed by atoms with E-state index in [0.717, 1.165) is 7.05 Å². The molecule has 5 heteroatoms. The Balaban J connectivity index is 3.02. The van der Waals surface area contributed by atoms with Crippen molar-refractivity contribution in [1.29, 1.82) is 0 Å². The second kappa shape index (κ2) is 3.57. The van der Waals surface area contributed by atoms with Crippen molar-refractivity contribution in [2.45, 2.75) is 6.30 Å². The van der Waals surface area contributed by atoms with Crippen molar-refractivity contribution >= 4 is 21.6 Å². The van der Waals surface area contributed by atoms with Gasteiger partial charge in [-0.15, -0.1) is 0 Å². The van der Waals surface area contributed by atoms with E-state index < -0.39 is 6.30 Å². The average Bonchev–Trinajstić information content (AvgIpc) is 2.02. The third-order valence-corrected chi connectivity index (χ3v) is 2.26. The number of benzene rings is 1. The van der Waals surface area contributed by atoms with Crippen molar-refractivity contribution in [3.05, 3.63) is 28.7 Å². The highest BCUT2D eigenvalue weighted by molar-refractivity contribution is 9.10. The van der Waals surface area contributed by atoms with Crippen molar-refractivity contribution in [2.24, 2.45) is 0 Å². The van der Waals surface area contributed by atoms with E-state index in [1.165, 1.54) is 6.07 Å². The number of alkyl halides is 3. The molecule has 0 atom stereocenters.